The van der Waals surface area contributed by atoms with E-state index in [-0.39, 0.29) is 18.6 Å². The molecule has 0 fully saturated rings. The third-order valence-electron chi connectivity index (χ3n) is 3.65. The Balaban J connectivity index is 2.06. The lowest BCUT2D eigenvalue weighted by molar-refractivity contribution is -0.166. The minimum Gasteiger partial charge on any atom is -0.457 e. The Hall–Kier alpha value is -2.72. The number of fused-ring (bicyclic) bond motifs is 1. The van der Waals surface area contributed by atoms with Crippen molar-refractivity contribution in [1.82, 2.24) is 19.6 Å². The predicted molar refractivity (Wildman–Crippen MR) is 90.4 cm³/mol. The zero-order valence-corrected chi connectivity index (χ0v) is 16.2. The number of carbonyl (C=O) groups is 2. The van der Waals surface area contributed by atoms with Crippen LogP contribution >= 0.6 is 0 Å². The lowest BCUT2D eigenvalue weighted by Crippen LogP contribution is -2.27. The first kappa shape index (κ1) is 21.6. The molecule has 2 aromatic rings. The normalized spacial score (nSPS) is 12.3. The van der Waals surface area contributed by atoms with Crippen LogP contribution in [0.5, 0.6) is 0 Å². The molecule has 0 spiro atoms. The van der Waals surface area contributed by atoms with E-state index in [2.05, 4.69) is 15.1 Å². The van der Waals surface area contributed by atoms with Crippen LogP contribution < -0.4 is 0 Å². The molecule has 8 nitrogen and oxygen atoms in total. The molecule has 11 heteroatoms. The van der Waals surface area contributed by atoms with Crippen molar-refractivity contribution in [3.63, 3.8) is 0 Å². The van der Waals surface area contributed by atoms with Crippen LogP contribution in [0, 0.1) is 13.8 Å². The Labute approximate surface area is 159 Å². The van der Waals surface area contributed by atoms with Crippen LogP contribution in [-0.2, 0) is 31.7 Å². The maximum atomic E-state index is 12.8. The zero-order valence-electron chi connectivity index (χ0n) is 16.2. The molecule has 0 saturated heterocycles. The average molecular weight is 402 g/mol. The molecule has 0 aliphatic heterocycles. The SMILES string of the molecule is Cc1nc2nc(C(F)(F)F)nn2c(C)c1CCC(=O)OCC(=O)OC(C)(C)C. The van der Waals surface area contributed by atoms with Gasteiger partial charge in [0, 0.05) is 17.8 Å². The van der Waals surface area contributed by atoms with Gasteiger partial charge in [-0.15, -0.1) is 5.10 Å². The molecule has 0 aromatic carbocycles. The fraction of sp³-hybridized carbons (Fsp3) is 0.588. The second-order valence-electron chi connectivity index (χ2n) is 7.15. The molecular formula is C17H21F3N4O4. The number of aromatic nitrogens is 4. The monoisotopic (exact) mass is 402 g/mol. The molecule has 0 atom stereocenters. The molecule has 0 radical (unpaired) electrons. The van der Waals surface area contributed by atoms with Crippen molar-refractivity contribution < 1.29 is 32.2 Å². The molecule has 28 heavy (non-hydrogen) atoms. The maximum absolute atomic E-state index is 12.8. The highest BCUT2D eigenvalue weighted by molar-refractivity contribution is 5.76. The largest absolute Gasteiger partial charge is 0.457 e. The summed E-state index contributed by atoms with van der Waals surface area (Å²) in [5, 5.41) is 3.45. The maximum Gasteiger partial charge on any atom is 0.453 e. The summed E-state index contributed by atoms with van der Waals surface area (Å²) in [6, 6.07) is 0. The number of halogens is 3. The first-order valence-electron chi connectivity index (χ1n) is 8.45. The van der Waals surface area contributed by atoms with Crippen LogP contribution in [-0.4, -0.2) is 43.7 Å². The smallest absolute Gasteiger partial charge is 0.453 e. The molecule has 0 N–H and O–H groups in total. The van der Waals surface area contributed by atoms with Crippen LogP contribution in [0.3, 0.4) is 0 Å². The van der Waals surface area contributed by atoms with E-state index >= 15 is 0 Å². The topological polar surface area (TPSA) is 95.7 Å². The molecule has 0 saturated carbocycles. The molecule has 2 aromatic heterocycles. The third-order valence-corrected chi connectivity index (χ3v) is 3.65. The van der Waals surface area contributed by atoms with Crippen molar-refractivity contribution in [3.05, 3.63) is 22.8 Å². The molecular weight excluding hydrogens is 381 g/mol. The van der Waals surface area contributed by atoms with Crippen LogP contribution in [0.25, 0.3) is 5.78 Å². The molecule has 2 heterocycles. The Morgan fingerprint density at radius 3 is 2.29 bits per heavy atom. The van der Waals surface area contributed by atoms with Gasteiger partial charge in [-0.3, -0.25) is 4.79 Å². The van der Waals surface area contributed by atoms with Gasteiger partial charge >= 0.3 is 18.1 Å². The number of aryl methyl sites for hydroxylation is 2. The first-order valence-corrected chi connectivity index (χ1v) is 8.45. The summed E-state index contributed by atoms with van der Waals surface area (Å²) in [6.45, 7) is 7.73. The summed E-state index contributed by atoms with van der Waals surface area (Å²) in [5.41, 5.74) is 0.697. The van der Waals surface area contributed by atoms with Gasteiger partial charge < -0.3 is 9.47 Å². The van der Waals surface area contributed by atoms with E-state index in [1.807, 2.05) is 0 Å². The van der Waals surface area contributed by atoms with Gasteiger partial charge in [0.25, 0.3) is 11.6 Å². The van der Waals surface area contributed by atoms with Gasteiger partial charge in [-0.25, -0.2) is 14.3 Å². The molecule has 154 valence electrons. The number of alkyl halides is 3. The fourth-order valence-corrected chi connectivity index (χ4v) is 2.50. The fourth-order valence-electron chi connectivity index (χ4n) is 2.50. The van der Waals surface area contributed by atoms with Gasteiger partial charge in [0.05, 0.1) is 0 Å². The highest BCUT2D eigenvalue weighted by atomic mass is 19.4. The summed E-state index contributed by atoms with van der Waals surface area (Å²) in [5.74, 6) is -2.76. The van der Waals surface area contributed by atoms with Crippen LogP contribution in [0.15, 0.2) is 0 Å². The number of nitrogens with zero attached hydrogens (tertiary/aromatic N) is 4. The Morgan fingerprint density at radius 2 is 1.71 bits per heavy atom. The van der Waals surface area contributed by atoms with Gasteiger partial charge in [-0.2, -0.15) is 18.2 Å². The van der Waals surface area contributed by atoms with E-state index < -0.39 is 36.1 Å². The van der Waals surface area contributed by atoms with Crippen molar-refractivity contribution in [3.8, 4) is 0 Å². The van der Waals surface area contributed by atoms with E-state index in [1.54, 1.807) is 34.6 Å². The predicted octanol–water partition coefficient (Wildman–Crippen LogP) is 2.58. The molecule has 0 bridgehead atoms. The third kappa shape index (κ3) is 5.40. The lowest BCUT2D eigenvalue weighted by Gasteiger charge is -2.19. The molecule has 0 amide bonds. The minimum absolute atomic E-state index is 0.0848. The molecule has 0 aliphatic rings. The molecule has 2 rings (SSSR count). The highest BCUT2D eigenvalue weighted by Crippen LogP contribution is 2.27. The standard InChI is InChI=1S/C17H21F3N4O4/c1-9-11(6-7-12(25)27-8-13(26)28-16(3,4)5)10(2)24-15(21-9)22-14(23-24)17(18,19)20/h6-8H2,1-5H3. The number of hydrogen-bond acceptors (Lipinski definition) is 7. The van der Waals surface area contributed by atoms with E-state index in [0.29, 0.717) is 17.0 Å². The van der Waals surface area contributed by atoms with E-state index in [9.17, 15) is 22.8 Å². The Morgan fingerprint density at radius 1 is 1.07 bits per heavy atom. The first-order chi connectivity index (χ1) is 12.8. The number of esters is 2. The van der Waals surface area contributed by atoms with Crippen molar-refractivity contribution in [2.75, 3.05) is 6.61 Å². The second kappa shape index (κ2) is 7.72. The average Bonchev–Trinajstić information content (AvgIpc) is 2.95. The van der Waals surface area contributed by atoms with Crippen LogP contribution in [0.1, 0.15) is 50.0 Å². The number of rotatable bonds is 5. The molecule has 0 unspecified atom stereocenters. The number of ether oxygens (including phenoxy) is 2. The second-order valence-corrected chi connectivity index (χ2v) is 7.15. The number of hydrogen-bond donors (Lipinski definition) is 0. The van der Waals surface area contributed by atoms with Crippen LogP contribution in [0.4, 0.5) is 13.2 Å². The summed E-state index contributed by atoms with van der Waals surface area (Å²) >= 11 is 0. The van der Waals surface area contributed by atoms with Crippen molar-refractivity contribution in [1.29, 1.82) is 0 Å². The minimum atomic E-state index is -4.68. The Kier molecular flexibility index (Phi) is 5.95. The van der Waals surface area contributed by atoms with Gasteiger partial charge in [0.2, 0.25) is 0 Å². The van der Waals surface area contributed by atoms with E-state index in [1.165, 1.54) is 0 Å². The summed E-state index contributed by atoms with van der Waals surface area (Å²) < 4.78 is 49.3. The van der Waals surface area contributed by atoms with Gasteiger partial charge in [0.1, 0.15) is 5.60 Å². The Bertz CT molecular complexity index is 900. The molecule has 0 aliphatic carbocycles. The summed E-state index contributed by atoms with van der Waals surface area (Å²) in [7, 11) is 0. The lowest BCUT2D eigenvalue weighted by atomic mass is 10.1. The van der Waals surface area contributed by atoms with Gasteiger partial charge in [-0.1, -0.05) is 0 Å². The van der Waals surface area contributed by atoms with Crippen molar-refractivity contribution in [2.24, 2.45) is 0 Å². The van der Waals surface area contributed by atoms with Crippen LogP contribution in [0.2, 0.25) is 0 Å². The number of carbonyl (C=O) groups excluding carboxylic acids is 2. The van der Waals surface area contributed by atoms with Crippen molar-refractivity contribution >= 4 is 17.7 Å². The zero-order chi connectivity index (χ0) is 21.3. The van der Waals surface area contributed by atoms with E-state index in [4.69, 9.17) is 9.47 Å². The summed E-state index contributed by atoms with van der Waals surface area (Å²) in [6.07, 6.45) is -4.60. The summed E-state index contributed by atoms with van der Waals surface area (Å²) in [4.78, 5) is 30.8. The van der Waals surface area contributed by atoms with Gasteiger partial charge in [-0.05, 0) is 46.6 Å². The highest BCUT2D eigenvalue weighted by Gasteiger charge is 2.37. The van der Waals surface area contributed by atoms with E-state index in [0.717, 1.165) is 4.52 Å². The van der Waals surface area contributed by atoms with Gasteiger partial charge in [0.15, 0.2) is 6.61 Å². The van der Waals surface area contributed by atoms with Crippen molar-refractivity contribution in [2.45, 2.75) is 59.2 Å². The quantitative estimate of drug-likeness (QED) is 0.709.